The van der Waals surface area contributed by atoms with E-state index in [2.05, 4.69) is 5.32 Å². The smallest absolute Gasteiger partial charge is 1.00 e. The number of nitrogens with one attached hydrogen (secondary N) is 1. The predicted octanol–water partition coefficient (Wildman–Crippen LogP) is 0.689. The Hall–Kier alpha value is -1.24. The third kappa shape index (κ3) is 6.82. The molecule has 0 saturated carbocycles. The van der Waals surface area contributed by atoms with E-state index in [1.165, 1.54) is 13.0 Å². The molecule has 0 spiro atoms. The van der Waals surface area contributed by atoms with Crippen LogP contribution in [0.3, 0.4) is 0 Å². The Kier molecular flexibility index (Phi) is 9.47. The summed E-state index contributed by atoms with van der Waals surface area (Å²) in [4.78, 5) is 23.7. The summed E-state index contributed by atoms with van der Waals surface area (Å²) in [5.74, 6) is -1.37. The number of amides is 1. The van der Waals surface area contributed by atoms with E-state index in [9.17, 15) is 14.7 Å². The van der Waals surface area contributed by atoms with E-state index >= 15 is 0 Å². The Balaban J connectivity index is 0.00000338. The van der Waals surface area contributed by atoms with Crippen molar-refractivity contribution in [3.63, 3.8) is 0 Å². The molecule has 0 heterocycles. The number of carbonyl (C=O) groups is 2. The maximum Gasteiger partial charge on any atom is 1.00 e. The molecule has 2 N–H and O–H groups in total. The molecule has 0 aromatic heterocycles. The van der Waals surface area contributed by atoms with Crippen LogP contribution in [-0.2, 0) is 16.0 Å². The summed E-state index contributed by atoms with van der Waals surface area (Å²) in [7, 11) is 0. The zero-order valence-corrected chi connectivity index (χ0v) is 17.9. The van der Waals surface area contributed by atoms with Gasteiger partial charge in [0.15, 0.2) is 6.10 Å². The van der Waals surface area contributed by atoms with Crippen molar-refractivity contribution in [1.82, 2.24) is 5.32 Å². The maximum atomic E-state index is 12.3. The molecule has 2 atom stereocenters. The Morgan fingerprint density at radius 3 is 2.42 bits per heavy atom. The molecule has 134 valence electrons. The largest absolute Gasteiger partial charge is 1.00 e. The van der Waals surface area contributed by atoms with Gasteiger partial charge < -0.3 is 16.6 Å². The van der Waals surface area contributed by atoms with Gasteiger partial charge in [-0.05, 0) is 30.7 Å². The Morgan fingerprint density at radius 2 is 1.85 bits per heavy atom. The number of carbonyl (C=O) groups excluding carboxylic acids is 1. The number of halogens is 2. The molecule has 0 bridgehead atoms. The van der Waals surface area contributed by atoms with E-state index in [1.807, 2.05) is 18.2 Å². The van der Waals surface area contributed by atoms with E-state index in [4.69, 9.17) is 27.9 Å². The quantitative estimate of drug-likeness (QED) is 0.664. The van der Waals surface area contributed by atoms with Crippen LogP contribution in [-0.4, -0.2) is 29.1 Å². The molecule has 2 rings (SSSR count). The third-order valence-electron chi connectivity index (χ3n) is 3.46. The van der Waals surface area contributed by atoms with Gasteiger partial charge in [-0.2, -0.15) is 0 Å². The van der Waals surface area contributed by atoms with Crippen LogP contribution < -0.4 is 39.6 Å². The first-order valence-corrected chi connectivity index (χ1v) is 8.31. The fourth-order valence-electron chi connectivity index (χ4n) is 2.15. The molecular weight excluding hydrogens is 388 g/mol. The predicted molar refractivity (Wildman–Crippen MR) is 97.4 cm³/mol. The zero-order valence-electron chi connectivity index (χ0n) is 15.4. The van der Waals surface area contributed by atoms with Crippen molar-refractivity contribution in [2.75, 3.05) is 0 Å². The standard InChI is InChI=1S/C18H17Cl2NO4.Na.H/c1-11(25-16-8-7-13(19)10-14(16)20)17(22)21-15(18(23)24)9-12-5-3-2-4-6-12;;/h2-8,10-11,15H,9H2,1H3,(H,21,22)(H,23,24);;/q;+1;-1/t11?,15-;;/m0../s1. The van der Waals surface area contributed by atoms with Crippen LogP contribution in [0, 0.1) is 0 Å². The molecule has 1 unspecified atom stereocenters. The average Bonchev–Trinajstić information content (AvgIpc) is 2.57. The van der Waals surface area contributed by atoms with E-state index < -0.39 is 24.0 Å². The topological polar surface area (TPSA) is 75.6 Å². The van der Waals surface area contributed by atoms with Gasteiger partial charge in [0.1, 0.15) is 11.8 Å². The van der Waals surface area contributed by atoms with Crippen LogP contribution in [0.4, 0.5) is 0 Å². The van der Waals surface area contributed by atoms with E-state index in [1.54, 1.807) is 24.3 Å². The summed E-state index contributed by atoms with van der Waals surface area (Å²) in [6.07, 6.45) is -0.743. The van der Waals surface area contributed by atoms with Gasteiger partial charge in [-0.1, -0.05) is 53.5 Å². The summed E-state index contributed by atoms with van der Waals surface area (Å²) >= 11 is 11.8. The van der Waals surface area contributed by atoms with Crippen molar-refractivity contribution in [3.8, 4) is 5.75 Å². The number of carboxylic acid groups (broad SMARTS) is 1. The molecule has 2 aromatic carbocycles. The van der Waals surface area contributed by atoms with Crippen molar-refractivity contribution in [3.05, 3.63) is 64.1 Å². The first-order chi connectivity index (χ1) is 11.9. The molecule has 0 aliphatic rings. The molecule has 0 aliphatic heterocycles. The van der Waals surface area contributed by atoms with Crippen LogP contribution in [0.15, 0.2) is 48.5 Å². The molecule has 0 aliphatic carbocycles. The van der Waals surface area contributed by atoms with Gasteiger partial charge in [0, 0.05) is 11.4 Å². The summed E-state index contributed by atoms with van der Waals surface area (Å²) in [6.45, 7) is 1.52. The molecular formula is C18H18Cl2NNaO4. The maximum absolute atomic E-state index is 12.3. The summed E-state index contributed by atoms with van der Waals surface area (Å²) in [6, 6.07) is 12.6. The second kappa shape index (κ2) is 10.8. The molecule has 1 amide bonds. The minimum atomic E-state index is -1.12. The minimum Gasteiger partial charge on any atom is -1.00 e. The molecule has 5 nitrogen and oxygen atoms in total. The molecule has 26 heavy (non-hydrogen) atoms. The molecule has 0 fully saturated rings. The molecule has 0 saturated heterocycles. The second-order valence-corrected chi connectivity index (χ2v) is 6.27. The van der Waals surface area contributed by atoms with Gasteiger partial charge in [-0.25, -0.2) is 4.79 Å². The Labute approximate surface area is 185 Å². The van der Waals surface area contributed by atoms with Gasteiger partial charge in [0.05, 0.1) is 5.02 Å². The number of rotatable bonds is 7. The van der Waals surface area contributed by atoms with Crippen molar-refractivity contribution in [2.24, 2.45) is 0 Å². The fourth-order valence-corrected chi connectivity index (χ4v) is 2.61. The Morgan fingerprint density at radius 1 is 1.19 bits per heavy atom. The van der Waals surface area contributed by atoms with Crippen LogP contribution in [0.25, 0.3) is 0 Å². The van der Waals surface area contributed by atoms with E-state index in [0.29, 0.717) is 10.8 Å². The molecule has 0 radical (unpaired) electrons. The fraction of sp³-hybridized carbons (Fsp3) is 0.222. The van der Waals surface area contributed by atoms with Crippen molar-refractivity contribution >= 4 is 35.1 Å². The number of aliphatic carboxylic acids is 1. The van der Waals surface area contributed by atoms with Gasteiger partial charge in [-0.3, -0.25) is 4.79 Å². The van der Waals surface area contributed by atoms with Gasteiger partial charge in [-0.15, -0.1) is 0 Å². The third-order valence-corrected chi connectivity index (χ3v) is 3.99. The number of hydrogen-bond donors (Lipinski definition) is 2. The first-order valence-electron chi connectivity index (χ1n) is 7.55. The monoisotopic (exact) mass is 405 g/mol. The molecule has 8 heteroatoms. The van der Waals surface area contributed by atoms with Crippen molar-refractivity contribution in [1.29, 1.82) is 0 Å². The second-order valence-electron chi connectivity index (χ2n) is 5.42. The van der Waals surface area contributed by atoms with Gasteiger partial charge >= 0.3 is 35.5 Å². The van der Waals surface area contributed by atoms with Crippen LogP contribution in [0.2, 0.25) is 10.0 Å². The zero-order chi connectivity index (χ0) is 18.4. The van der Waals surface area contributed by atoms with Crippen molar-refractivity contribution in [2.45, 2.75) is 25.5 Å². The summed E-state index contributed by atoms with van der Waals surface area (Å²) in [5.41, 5.74) is 0.810. The van der Waals surface area contributed by atoms with Crippen LogP contribution >= 0.6 is 23.2 Å². The number of ether oxygens (including phenoxy) is 1. The first kappa shape index (κ1) is 22.8. The minimum absolute atomic E-state index is 0. The average molecular weight is 406 g/mol. The van der Waals surface area contributed by atoms with E-state index in [0.717, 1.165) is 5.56 Å². The van der Waals surface area contributed by atoms with E-state index in [-0.39, 0.29) is 42.4 Å². The van der Waals surface area contributed by atoms with Gasteiger partial charge in [0.25, 0.3) is 5.91 Å². The van der Waals surface area contributed by atoms with Gasteiger partial charge in [0.2, 0.25) is 0 Å². The number of hydrogen-bond acceptors (Lipinski definition) is 3. The SMILES string of the molecule is CC(Oc1ccc(Cl)cc1Cl)C(=O)N[C@@H](Cc1ccccc1)C(=O)O.[H-].[Na+]. The normalized spacial score (nSPS) is 12.4. The van der Waals surface area contributed by atoms with Crippen LogP contribution in [0.1, 0.15) is 13.9 Å². The Bertz CT molecular complexity index is 764. The number of benzene rings is 2. The molecule has 2 aromatic rings. The number of carboxylic acids is 1. The summed E-state index contributed by atoms with van der Waals surface area (Å²) < 4.78 is 5.50. The van der Waals surface area contributed by atoms with Crippen molar-refractivity contribution < 1.29 is 50.4 Å². The summed E-state index contributed by atoms with van der Waals surface area (Å²) in [5, 5.41) is 12.5. The van der Waals surface area contributed by atoms with Crippen LogP contribution in [0.5, 0.6) is 5.75 Å².